The molecule has 1 fully saturated rings. The van der Waals surface area contributed by atoms with Crippen LogP contribution in [0.3, 0.4) is 0 Å². The van der Waals surface area contributed by atoms with Crippen molar-refractivity contribution in [1.29, 1.82) is 0 Å². The first kappa shape index (κ1) is 20.6. The van der Waals surface area contributed by atoms with Crippen LogP contribution < -0.4 is 16.6 Å². The van der Waals surface area contributed by atoms with E-state index in [2.05, 4.69) is 10.2 Å². The molecule has 0 bridgehead atoms. The van der Waals surface area contributed by atoms with Crippen LogP contribution in [0.15, 0.2) is 27.8 Å². The van der Waals surface area contributed by atoms with Crippen LogP contribution in [0.25, 0.3) is 10.9 Å². The van der Waals surface area contributed by atoms with Crippen LogP contribution in [0.2, 0.25) is 5.02 Å². The van der Waals surface area contributed by atoms with Crippen molar-refractivity contribution in [3.05, 3.63) is 44.1 Å². The molecule has 1 amide bonds. The molecule has 1 saturated heterocycles. The highest BCUT2D eigenvalue weighted by Crippen LogP contribution is 2.18. The van der Waals surface area contributed by atoms with E-state index in [1.807, 2.05) is 0 Å². The first-order chi connectivity index (χ1) is 13.4. The van der Waals surface area contributed by atoms with E-state index < -0.39 is 11.7 Å². The fraction of sp³-hybridized carbons (Fsp3) is 0.526. The highest BCUT2D eigenvalue weighted by atomic mass is 35.5. The molecule has 0 spiro atoms. The predicted molar refractivity (Wildman–Crippen MR) is 108 cm³/mol. The number of carbonyl (C=O) groups excluding carboxylic acids is 1. The summed E-state index contributed by atoms with van der Waals surface area (Å²) in [7, 11) is 0. The lowest BCUT2D eigenvalue weighted by Crippen LogP contribution is -2.46. The first-order valence-corrected chi connectivity index (χ1v) is 9.84. The van der Waals surface area contributed by atoms with E-state index in [0.29, 0.717) is 35.7 Å². The molecule has 1 aromatic carbocycles. The maximum atomic E-state index is 12.9. The van der Waals surface area contributed by atoms with Gasteiger partial charge in [-0.3, -0.25) is 23.6 Å². The SMILES string of the molecule is CCn1c(=O)c2ccc(Cl)cc2n([C@H](C)C(=O)NCCN2CCOCC2)c1=O. The number of amides is 1. The predicted octanol–water partition coefficient (Wildman–Crippen LogP) is 0.846. The number of morpholine rings is 1. The van der Waals surface area contributed by atoms with E-state index in [1.165, 1.54) is 4.57 Å². The standard InChI is InChI=1S/C19H25ClN4O4/c1-3-23-18(26)15-5-4-14(20)12-16(15)24(19(23)27)13(2)17(25)21-6-7-22-8-10-28-11-9-22/h4-5,12-13H,3,6-11H2,1-2H3,(H,21,25)/t13-/m1/s1. The Labute approximate surface area is 167 Å². The number of aromatic nitrogens is 2. The van der Waals surface area contributed by atoms with Crippen molar-refractivity contribution in [3.8, 4) is 0 Å². The number of ether oxygens (including phenoxy) is 1. The van der Waals surface area contributed by atoms with E-state index in [9.17, 15) is 14.4 Å². The fourth-order valence-corrected chi connectivity index (χ4v) is 3.60. The molecule has 8 nitrogen and oxygen atoms in total. The van der Waals surface area contributed by atoms with Crippen molar-refractivity contribution in [3.63, 3.8) is 0 Å². The van der Waals surface area contributed by atoms with Gasteiger partial charge in [-0.25, -0.2) is 4.79 Å². The number of carbonyl (C=O) groups is 1. The van der Waals surface area contributed by atoms with Gasteiger partial charge in [0.25, 0.3) is 5.56 Å². The lowest BCUT2D eigenvalue weighted by Gasteiger charge is -2.27. The van der Waals surface area contributed by atoms with Crippen LogP contribution in [0.4, 0.5) is 0 Å². The number of halogens is 1. The van der Waals surface area contributed by atoms with Gasteiger partial charge in [-0.05, 0) is 32.0 Å². The topological polar surface area (TPSA) is 85.6 Å². The molecule has 1 aliphatic rings. The van der Waals surface area contributed by atoms with Crippen LogP contribution in [-0.2, 0) is 16.1 Å². The molecule has 1 N–H and O–H groups in total. The smallest absolute Gasteiger partial charge is 0.332 e. The highest BCUT2D eigenvalue weighted by molar-refractivity contribution is 6.31. The van der Waals surface area contributed by atoms with Crippen LogP contribution >= 0.6 is 11.6 Å². The normalized spacial score (nSPS) is 16.2. The Balaban J connectivity index is 1.86. The van der Waals surface area contributed by atoms with Gasteiger partial charge in [-0.2, -0.15) is 0 Å². The van der Waals surface area contributed by atoms with Gasteiger partial charge in [0, 0.05) is 37.7 Å². The molecule has 1 atom stereocenters. The molecule has 0 unspecified atom stereocenters. The molecule has 2 heterocycles. The zero-order valence-corrected chi connectivity index (χ0v) is 16.9. The summed E-state index contributed by atoms with van der Waals surface area (Å²) in [4.78, 5) is 40.4. The minimum Gasteiger partial charge on any atom is -0.379 e. The number of rotatable bonds is 6. The summed E-state index contributed by atoms with van der Waals surface area (Å²) >= 11 is 6.08. The third kappa shape index (κ3) is 4.14. The molecule has 1 aliphatic heterocycles. The zero-order chi connectivity index (χ0) is 20.3. The second kappa shape index (κ2) is 8.89. The summed E-state index contributed by atoms with van der Waals surface area (Å²) in [5.41, 5.74) is -0.531. The van der Waals surface area contributed by atoms with Gasteiger partial charge in [-0.15, -0.1) is 0 Å². The number of nitrogens with one attached hydrogen (secondary N) is 1. The van der Waals surface area contributed by atoms with Crippen molar-refractivity contribution in [1.82, 2.24) is 19.4 Å². The Morgan fingerprint density at radius 1 is 1.29 bits per heavy atom. The summed E-state index contributed by atoms with van der Waals surface area (Å²) < 4.78 is 7.79. The third-order valence-electron chi connectivity index (χ3n) is 5.05. The Hall–Kier alpha value is -2.16. The third-order valence-corrected chi connectivity index (χ3v) is 5.28. The van der Waals surface area contributed by atoms with E-state index in [0.717, 1.165) is 24.2 Å². The molecule has 3 rings (SSSR count). The summed E-state index contributed by atoms with van der Waals surface area (Å²) in [6.45, 7) is 7.88. The van der Waals surface area contributed by atoms with Crippen LogP contribution in [0, 0.1) is 0 Å². The van der Waals surface area contributed by atoms with Gasteiger partial charge in [-0.1, -0.05) is 11.6 Å². The molecular formula is C19H25ClN4O4. The molecule has 0 aliphatic carbocycles. The van der Waals surface area contributed by atoms with Crippen LogP contribution in [0.5, 0.6) is 0 Å². The summed E-state index contributed by atoms with van der Waals surface area (Å²) in [5.74, 6) is -0.280. The van der Waals surface area contributed by atoms with Gasteiger partial charge < -0.3 is 10.1 Å². The Morgan fingerprint density at radius 3 is 2.68 bits per heavy atom. The van der Waals surface area contributed by atoms with Crippen molar-refractivity contribution in [2.45, 2.75) is 26.4 Å². The Kier molecular flexibility index (Phi) is 6.53. The number of fused-ring (bicyclic) bond motifs is 1. The maximum Gasteiger partial charge on any atom is 0.332 e. The molecule has 0 radical (unpaired) electrons. The van der Waals surface area contributed by atoms with E-state index in [1.54, 1.807) is 32.0 Å². The maximum absolute atomic E-state index is 12.9. The minimum absolute atomic E-state index is 0.224. The van der Waals surface area contributed by atoms with Gasteiger partial charge >= 0.3 is 5.69 Å². The van der Waals surface area contributed by atoms with Gasteiger partial charge in [0.2, 0.25) is 5.91 Å². The molecule has 1 aromatic heterocycles. The molecule has 28 heavy (non-hydrogen) atoms. The number of benzene rings is 1. The van der Waals surface area contributed by atoms with Crippen molar-refractivity contribution >= 4 is 28.4 Å². The Bertz CT molecular complexity index is 978. The average molecular weight is 409 g/mol. The van der Waals surface area contributed by atoms with Crippen molar-refractivity contribution in [2.24, 2.45) is 0 Å². The molecule has 2 aromatic rings. The second-order valence-electron chi connectivity index (χ2n) is 6.78. The number of hydrogen-bond donors (Lipinski definition) is 1. The van der Waals surface area contributed by atoms with Crippen molar-refractivity contribution < 1.29 is 9.53 Å². The fourth-order valence-electron chi connectivity index (χ4n) is 3.43. The van der Waals surface area contributed by atoms with E-state index in [-0.39, 0.29) is 18.0 Å². The summed E-state index contributed by atoms with van der Waals surface area (Å²) in [6.07, 6.45) is 0. The quantitative estimate of drug-likeness (QED) is 0.765. The monoisotopic (exact) mass is 408 g/mol. The lowest BCUT2D eigenvalue weighted by atomic mass is 10.2. The average Bonchev–Trinajstić information content (AvgIpc) is 2.68. The number of nitrogens with zero attached hydrogens (tertiary/aromatic N) is 3. The van der Waals surface area contributed by atoms with Gasteiger partial charge in [0.1, 0.15) is 6.04 Å². The Morgan fingerprint density at radius 2 is 2.00 bits per heavy atom. The first-order valence-electron chi connectivity index (χ1n) is 9.46. The second-order valence-corrected chi connectivity index (χ2v) is 7.22. The van der Waals surface area contributed by atoms with E-state index >= 15 is 0 Å². The zero-order valence-electron chi connectivity index (χ0n) is 16.1. The van der Waals surface area contributed by atoms with Gasteiger partial charge in [0.15, 0.2) is 0 Å². The lowest BCUT2D eigenvalue weighted by molar-refractivity contribution is -0.124. The molecule has 9 heteroatoms. The molecule has 0 saturated carbocycles. The molecule has 152 valence electrons. The summed E-state index contributed by atoms with van der Waals surface area (Å²) in [5, 5.41) is 3.64. The van der Waals surface area contributed by atoms with Gasteiger partial charge in [0.05, 0.1) is 24.1 Å². The van der Waals surface area contributed by atoms with Crippen LogP contribution in [-0.4, -0.2) is 59.3 Å². The highest BCUT2D eigenvalue weighted by Gasteiger charge is 2.22. The van der Waals surface area contributed by atoms with E-state index in [4.69, 9.17) is 16.3 Å². The largest absolute Gasteiger partial charge is 0.379 e. The summed E-state index contributed by atoms with van der Waals surface area (Å²) in [6, 6.07) is 3.96. The van der Waals surface area contributed by atoms with Crippen LogP contribution in [0.1, 0.15) is 19.9 Å². The van der Waals surface area contributed by atoms with Crippen molar-refractivity contribution in [2.75, 3.05) is 39.4 Å². The molecular weight excluding hydrogens is 384 g/mol. The number of hydrogen-bond acceptors (Lipinski definition) is 5. The minimum atomic E-state index is -0.781.